The minimum atomic E-state index is -4.52. The molecule has 0 aliphatic rings. The molecule has 4 rings (SSSR count). The van der Waals surface area contributed by atoms with Crippen LogP contribution < -0.4 is 39.4 Å². The van der Waals surface area contributed by atoms with Gasteiger partial charge < -0.3 is 14.6 Å². The number of alkyl halides is 3. The normalized spacial score (nSPS) is 12.0. The van der Waals surface area contributed by atoms with Gasteiger partial charge in [-0.3, -0.25) is 4.79 Å². The van der Waals surface area contributed by atoms with E-state index in [1.807, 2.05) is 0 Å². The Bertz CT molecular complexity index is 1430. The van der Waals surface area contributed by atoms with Crippen molar-refractivity contribution >= 4 is 40.1 Å². The fraction of sp³-hybridized carbons (Fsp3) is 0.120. The topological polar surface area (TPSA) is 92.2 Å². The number of nitrogens with zero attached hydrogens (tertiary/aromatic N) is 2. The maximum atomic E-state index is 13.5. The molecule has 0 unspecified atom stereocenters. The number of halogens is 3. The average molecular weight is 520 g/mol. The summed E-state index contributed by atoms with van der Waals surface area (Å²) in [5.74, 6) is -1.71. The van der Waals surface area contributed by atoms with Crippen LogP contribution in [-0.2, 0) is 17.4 Å². The summed E-state index contributed by atoms with van der Waals surface area (Å²) < 4.78 is 52.2. The number of ether oxygens (including phenoxy) is 1. The van der Waals surface area contributed by atoms with E-state index in [9.17, 15) is 27.9 Å². The van der Waals surface area contributed by atoms with Crippen molar-refractivity contribution in [2.24, 2.45) is 0 Å². The van der Waals surface area contributed by atoms with Crippen molar-refractivity contribution < 1.29 is 62.2 Å². The molecule has 1 heterocycles. The summed E-state index contributed by atoms with van der Waals surface area (Å²) in [5, 5.41) is 12.3. The number of ketones is 1. The Morgan fingerprint density at radius 3 is 2.11 bits per heavy atom. The number of rotatable bonds is 7. The third-order valence-electron chi connectivity index (χ3n) is 5.34. The Labute approximate surface area is 230 Å². The van der Waals surface area contributed by atoms with Crippen LogP contribution in [0.4, 0.5) is 13.2 Å². The Kier molecular flexibility index (Phi) is 8.67. The van der Waals surface area contributed by atoms with Crippen molar-refractivity contribution in [1.82, 2.24) is 8.75 Å². The van der Waals surface area contributed by atoms with E-state index >= 15 is 0 Å². The van der Waals surface area contributed by atoms with Crippen LogP contribution in [-0.4, -0.2) is 27.6 Å². The second-order valence-corrected chi connectivity index (χ2v) is 8.07. The molecule has 1 aromatic heterocycles. The molecule has 4 aromatic rings. The van der Waals surface area contributed by atoms with Crippen LogP contribution in [0.15, 0.2) is 72.3 Å². The summed E-state index contributed by atoms with van der Waals surface area (Å²) in [4.78, 5) is 25.8. The third kappa shape index (κ3) is 6.01. The van der Waals surface area contributed by atoms with Gasteiger partial charge in [0.05, 0.1) is 30.4 Å². The molecule has 11 heteroatoms. The number of carboxylic acids is 1. The zero-order valence-corrected chi connectivity index (χ0v) is 21.9. The third-order valence-corrected chi connectivity index (χ3v) is 5.89. The molecule has 0 N–H and O–H groups in total. The van der Waals surface area contributed by atoms with Gasteiger partial charge in [0.15, 0.2) is 5.78 Å². The molecule has 36 heavy (non-hydrogen) atoms. The molecule has 0 saturated heterocycles. The number of aromatic nitrogens is 2. The molecule has 0 aliphatic carbocycles. The predicted octanol–water partition coefficient (Wildman–Crippen LogP) is 1.35. The zero-order valence-electron chi connectivity index (χ0n) is 19.1. The molecule has 3 aromatic carbocycles. The van der Waals surface area contributed by atoms with E-state index in [0.717, 1.165) is 23.9 Å². The molecule has 6 nitrogen and oxygen atoms in total. The number of carboxylic acid groups (broad SMARTS) is 1. The molecule has 0 atom stereocenters. The smallest absolute Gasteiger partial charge is 0.545 e. The van der Waals surface area contributed by atoms with Gasteiger partial charge in [0, 0.05) is 23.1 Å². The fourth-order valence-electron chi connectivity index (χ4n) is 3.57. The first kappa shape index (κ1) is 27.5. The van der Waals surface area contributed by atoms with Crippen molar-refractivity contribution in [3.05, 3.63) is 94.6 Å². The van der Waals surface area contributed by atoms with Gasteiger partial charge in [0.2, 0.25) is 0 Å². The van der Waals surface area contributed by atoms with E-state index in [1.54, 1.807) is 18.2 Å². The summed E-state index contributed by atoms with van der Waals surface area (Å²) in [6.45, 7) is 0. The zero-order chi connectivity index (χ0) is 25.2. The largest absolute Gasteiger partial charge is 1.00 e. The molecule has 0 bridgehead atoms. The van der Waals surface area contributed by atoms with Crippen molar-refractivity contribution in [3.8, 4) is 5.75 Å². The summed E-state index contributed by atoms with van der Waals surface area (Å²) in [5.41, 5.74) is 0.314. The minimum Gasteiger partial charge on any atom is -0.545 e. The van der Waals surface area contributed by atoms with E-state index < -0.39 is 23.5 Å². The van der Waals surface area contributed by atoms with Crippen LogP contribution in [0.2, 0.25) is 0 Å². The van der Waals surface area contributed by atoms with Gasteiger partial charge in [-0.25, -0.2) is 0 Å². The summed E-state index contributed by atoms with van der Waals surface area (Å²) in [6, 6.07) is 14.8. The molecule has 0 amide bonds. The van der Waals surface area contributed by atoms with Crippen LogP contribution in [0.1, 0.15) is 27.0 Å². The fourth-order valence-corrected chi connectivity index (χ4v) is 4.08. The van der Waals surface area contributed by atoms with Crippen LogP contribution in [0.5, 0.6) is 5.75 Å². The number of carbonyl (C=O) groups is 2. The van der Waals surface area contributed by atoms with E-state index in [-0.39, 0.29) is 58.3 Å². The van der Waals surface area contributed by atoms with Crippen LogP contribution >= 0.6 is 11.7 Å². The molecule has 0 saturated carbocycles. The van der Waals surface area contributed by atoms with Crippen molar-refractivity contribution in [3.63, 3.8) is 0 Å². The Morgan fingerprint density at radius 1 is 0.917 bits per heavy atom. The van der Waals surface area contributed by atoms with Gasteiger partial charge in [0.25, 0.3) is 0 Å². The first-order chi connectivity index (χ1) is 16.7. The maximum Gasteiger partial charge on any atom is 1.00 e. The average Bonchev–Trinajstić information content (AvgIpc) is 3.31. The van der Waals surface area contributed by atoms with Gasteiger partial charge in [-0.15, -0.1) is 0 Å². The summed E-state index contributed by atoms with van der Waals surface area (Å²) in [6.07, 6.45) is -4.76. The van der Waals surface area contributed by atoms with E-state index in [1.165, 1.54) is 43.5 Å². The second-order valence-electron chi connectivity index (χ2n) is 7.54. The Balaban J connectivity index is 0.00000361. The van der Waals surface area contributed by atoms with Gasteiger partial charge >= 0.3 is 35.7 Å². The number of hydrogen-bond acceptors (Lipinski definition) is 7. The number of Topliss-reactive ketones (excluding diaryl/α,β-unsaturated/α-hetero) is 1. The van der Waals surface area contributed by atoms with Crippen LogP contribution in [0.25, 0.3) is 16.6 Å². The maximum absolute atomic E-state index is 13.5. The van der Waals surface area contributed by atoms with Gasteiger partial charge in [0.1, 0.15) is 16.8 Å². The minimum absolute atomic E-state index is 0. The van der Waals surface area contributed by atoms with Crippen molar-refractivity contribution in [2.75, 3.05) is 7.11 Å². The molecule has 178 valence electrons. The van der Waals surface area contributed by atoms with Crippen LogP contribution in [0.3, 0.4) is 0 Å². The molecule has 0 aliphatic heterocycles. The number of hydrogen-bond donors (Lipinski definition) is 0. The SMILES string of the molecule is COc1ccc(C(=O)/C(Cc2ccc(C(F)(F)F)cc2)=C(/C(=O)[O-])c2ccc3nsnc3c2)cc1.[Na+]. The first-order valence-electron chi connectivity index (χ1n) is 10.2. The second kappa shape index (κ2) is 11.3. The molecule has 0 spiro atoms. The summed E-state index contributed by atoms with van der Waals surface area (Å²) >= 11 is 0.953. The standard InChI is InChI=1S/C25H17F3N2O4S.Na/c1-34-18-9-4-15(5-10-18)23(31)19(12-14-2-7-17(8-3-14)25(26,27)28)22(24(32)33)16-6-11-20-21(13-16)30-35-29-20;/h2-11,13H,12H2,1H3,(H,32,33);/q;+1/p-1/b22-19+;. The number of benzene rings is 3. The number of fused-ring (bicyclic) bond motifs is 1. The molecular weight excluding hydrogens is 504 g/mol. The quantitative estimate of drug-likeness (QED) is 0.208. The Morgan fingerprint density at radius 2 is 1.53 bits per heavy atom. The Hall–Kier alpha value is -3.05. The molecular formula is C25H16F3N2NaO4S. The number of carbonyl (C=O) groups excluding carboxylic acids is 2. The van der Waals surface area contributed by atoms with Gasteiger partial charge in [-0.05, 0) is 59.7 Å². The predicted molar refractivity (Wildman–Crippen MR) is 122 cm³/mol. The number of aliphatic carboxylic acids is 1. The van der Waals surface area contributed by atoms with Crippen LogP contribution in [0, 0.1) is 0 Å². The van der Waals surface area contributed by atoms with Crippen molar-refractivity contribution in [2.45, 2.75) is 12.6 Å². The monoisotopic (exact) mass is 520 g/mol. The van der Waals surface area contributed by atoms with Gasteiger partial charge in [-0.1, -0.05) is 18.2 Å². The van der Waals surface area contributed by atoms with E-state index in [2.05, 4.69) is 8.75 Å². The number of allylic oxidation sites excluding steroid dienone is 1. The first-order valence-corrected chi connectivity index (χ1v) is 10.9. The van der Waals surface area contributed by atoms with Crippen molar-refractivity contribution in [1.29, 1.82) is 0 Å². The molecule has 0 fully saturated rings. The van der Waals surface area contributed by atoms with E-state index in [0.29, 0.717) is 22.3 Å². The van der Waals surface area contributed by atoms with E-state index in [4.69, 9.17) is 4.74 Å². The van der Waals surface area contributed by atoms with Gasteiger partial charge in [-0.2, -0.15) is 21.9 Å². The summed E-state index contributed by atoms with van der Waals surface area (Å²) in [7, 11) is 1.46. The number of methoxy groups -OCH3 is 1. The molecule has 0 radical (unpaired) electrons.